The van der Waals surface area contributed by atoms with Crippen LogP contribution in [0.3, 0.4) is 0 Å². The highest BCUT2D eigenvalue weighted by molar-refractivity contribution is 8.00. The predicted molar refractivity (Wildman–Crippen MR) is 122 cm³/mol. The molecule has 0 spiro atoms. The number of nitrogens with one attached hydrogen (secondary N) is 2. The smallest absolute Gasteiger partial charge is 0.416 e. The Labute approximate surface area is 201 Å². The third-order valence-electron chi connectivity index (χ3n) is 5.23. The number of nitrogens with zero attached hydrogens (tertiary/aromatic N) is 6. The molecule has 0 aliphatic carbocycles. The highest BCUT2D eigenvalue weighted by Crippen LogP contribution is 2.30. The van der Waals surface area contributed by atoms with Gasteiger partial charge in [-0.1, -0.05) is 11.8 Å². The normalized spacial score (nSPS) is 17.3. The first-order valence-electron chi connectivity index (χ1n) is 10.5. The first-order chi connectivity index (χ1) is 16.9. The summed E-state index contributed by atoms with van der Waals surface area (Å²) in [6.45, 7) is 0.967. The van der Waals surface area contributed by atoms with E-state index in [9.17, 15) is 18.8 Å². The number of aryl methyl sites for hydroxylation is 1. The molecule has 15 heteroatoms. The number of cyclic esters (lactones) is 1. The Hall–Kier alpha value is -3.85. The molecule has 35 heavy (non-hydrogen) atoms. The minimum absolute atomic E-state index is 0.0850. The van der Waals surface area contributed by atoms with Gasteiger partial charge in [-0.05, 0) is 0 Å². The zero-order valence-electron chi connectivity index (χ0n) is 18.4. The largest absolute Gasteiger partial charge is 0.474 e. The van der Waals surface area contributed by atoms with E-state index in [1.807, 2.05) is 0 Å². The Kier molecular flexibility index (Phi) is 6.17. The van der Waals surface area contributed by atoms with E-state index in [-0.39, 0.29) is 53.2 Å². The topological polar surface area (TPSA) is 153 Å². The zero-order chi connectivity index (χ0) is 24.5. The number of carbonyl (C=O) groups excluding carboxylic acids is 2. The molecule has 0 saturated carbocycles. The van der Waals surface area contributed by atoms with Gasteiger partial charge in [0, 0.05) is 26.2 Å². The Morgan fingerprint density at radius 3 is 3.00 bits per heavy atom. The van der Waals surface area contributed by atoms with Crippen LogP contribution in [0, 0.1) is 5.82 Å². The number of hydrogen-bond donors (Lipinski definition) is 2. The second kappa shape index (κ2) is 9.42. The molecular weight excluding hydrogens is 483 g/mol. The van der Waals surface area contributed by atoms with E-state index in [1.165, 1.54) is 34.5 Å². The van der Waals surface area contributed by atoms with Crippen molar-refractivity contribution in [2.45, 2.75) is 11.1 Å². The summed E-state index contributed by atoms with van der Waals surface area (Å²) in [7, 11) is 1.51. The molecule has 2 N–H and O–H groups in total. The summed E-state index contributed by atoms with van der Waals surface area (Å²) in [6, 6.07) is 1.16. The molecule has 1 saturated heterocycles. The van der Waals surface area contributed by atoms with Crippen molar-refractivity contribution in [1.29, 1.82) is 0 Å². The van der Waals surface area contributed by atoms with E-state index < -0.39 is 18.0 Å². The van der Waals surface area contributed by atoms with E-state index >= 15 is 0 Å². The molecule has 13 nitrogen and oxygen atoms in total. The standard InChI is InChI=1S/C20H19FN8O5S/c1-28-15(31)7-23-12-4-11(21)18(27-17(12)28)33-3-2-22-5-10-8-29(20(32)34-10)13-6-24-19-16(25-13)26-14(30)9-35-19/h4,6-7,10,22H,2-3,5,8-9H2,1H3,(H,25,26,30)/t10-/m0/s1. The fraction of sp³-hybridized carbons (Fsp3) is 0.350. The molecule has 0 radical (unpaired) electrons. The summed E-state index contributed by atoms with van der Waals surface area (Å²) >= 11 is 1.28. The number of ether oxygens (including phenoxy) is 2. The van der Waals surface area contributed by atoms with Crippen molar-refractivity contribution in [3.63, 3.8) is 0 Å². The molecule has 182 valence electrons. The summed E-state index contributed by atoms with van der Waals surface area (Å²) in [5, 5.41) is 6.31. The lowest BCUT2D eigenvalue weighted by Crippen LogP contribution is -2.33. The van der Waals surface area contributed by atoms with Crippen LogP contribution in [-0.2, 0) is 16.6 Å². The van der Waals surface area contributed by atoms with Gasteiger partial charge in [0.2, 0.25) is 5.91 Å². The Bertz CT molecular complexity index is 1390. The Balaban J connectivity index is 1.13. The number of amides is 2. The van der Waals surface area contributed by atoms with Gasteiger partial charge >= 0.3 is 6.09 Å². The molecule has 2 aliphatic heterocycles. The molecule has 1 fully saturated rings. The van der Waals surface area contributed by atoms with Crippen molar-refractivity contribution < 1.29 is 23.5 Å². The van der Waals surface area contributed by atoms with Gasteiger partial charge in [-0.15, -0.1) is 0 Å². The minimum Gasteiger partial charge on any atom is -0.474 e. The lowest BCUT2D eigenvalue weighted by atomic mass is 10.3. The van der Waals surface area contributed by atoms with Crippen molar-refractivity contribution >= 4 is 46.6 Å². The number of halogens is 1. The number of anilines is 2. The molecule has 3 aromatic heterocycles. The number of aromatic nitrogens is 5. The lowest BCUT2D eigenvalue weighted by Gasteiger charge is -2.17. The fourth-order valence-electron chi connectivity index (χ4n) is 3.50. The summed E-state index contributed by atoms with van der Waals surface area (Å²) in [4.78, 5) is 53.4. The Morgan fingerprint density at radius 1 is 1.29 bits per heavy atom. The first-order valence-corrected chi connectivity index (χ1v) is 11.5. The van der Waals surface area contributed by atoms with Crippen LogP contribution < -0.4 is 25.8 Å². The van der Waals surface area contributed by atoms with Gasteiger partial charge < -0.3 is 20.1 Å². The number of thioether (sulfide) groups is 1. The third kappa shape index (κ3) is 4.72. The minimum atomic E-state index is -0.690. The summed E-state index contributed by atoms with van der Waals surface area (Å²) in [6.07, 6.45) is 1.53. The maximum atomic E-state index is 14.2. The van der Waals surface area contributed by atoms with Gasteiger partial charge in [0.15, 0.2) is 23.1 Å². The van der Waals surface area contributed by atoms with Crippen LogP contribution in [0.5, 0.6) is 5.88 Å². The van der Waals surface area contributed by atoms with Crippen LogP contribution in [0.2, 0.25) is 0 Å². The maximum absolute atomic E-state index is 14.2. The van der Waals surface area contributed by atoms with Crippen molar-refractivity contribution in [3.05, 3.63) is 34.6 Å². The van der Waals surface area contributed by atoms with Crippen LogP contribution >= 0.6 is 11.8 Å². The number of hydrogen-bond acceptors (Lipinski definition) is 11. The lowest BCUT2D eigenvalue weighted by molar-refractivity contribution is -0.113. The molecule has 0 bridgehead atoms. The molecule has 2 aliphatic rings. The molecule has 3 aromatic rings. The second-order valence-corrected chi connectivity index (χ2v) is 8.63. The average molecular weight is 502 g/mol. The van der Waals surface area contributed by atoms with Crippen molar-refractivity contribution in [2.75, 3.05) is 42.2 Å². The van der Waals surface area contributed by atoms with Gasteiger partial charge in [0.25, 0.3) is 11.4 Å². The quantitative estimate of drug-likeness (QED) is 0.429. The van der Waals surface area contributed by atoms with E-state index in [0.717, 1.165) is 12.3 Å². The van der Waals surface area contributed by atoms with Gasteiger partial charge in [0.05, 0.1) is 24.7 Å². The SMILES string of the molecule is Cn1c(=O)cnc2cc(F)c(OCCNC[C@H]3CN(c4cnc5c(n4)NC(=O)CS5)C(=O)O3)nc21. The van der Waals surface area contributed by atoms with Crippen molar-refractivity contribution in [1.82, 2.24) is 29.8 Å². The van der Waals surface area contributed by atoms with Crippen LogP contribution in [0.1, 0.15) is 0 Å². The van der Waals surface area contributed by atoms with Crippen LogP contribution in [0.25, 0.3) is 11.2 Å². The third-order valence-corrected chi connectivity index (χ3v) is 6.21. The number of fused-ring (bicyclic) bond motifs is 2. The molecule has 5 heterocycles. The highest BCUT2D eigenvalue weighted by Gasteiger charge is 2.34. The summed E-state index contributed by atoms with van der Waals surface area (Å²) < 4.78 is 26.3. The highest BCUT2D eigenvalue weighted by atomic mass is 32.2. The molecule has 2 amide bonds. The van der Waals surface area contributed by atoms with Gasteiger partial charge in [-0.2, -0.15) is 4.98 Å². The van der Waals surface area contributed by atoms with Crippen molar-refractivity contribution in [3.8, 4) is 5.88 Å². The fourth-order valence-corrected chi connectivity index (χ4v) is 4.20. The second-order valence-electron chi connectivity index (χ2n) is 7.66. The average Bonchev–Trinajstić information content (AvgIpc) is 3.21. The van der Waals surface area contributed by atoms with Gasteiger partial charge in [-0.3, -0.25) is 19.1 Å². The van der Waals surface area contributed by atoms with E-state index in [4.69, 9.17) is 9.47 Å². The molecular formula is C20H19FN8O5S. The summed E-state index contributed by atoms with van der Waals surface area (Å²) in [5.41, 5.74) is 0.0880. The monoisotopic (exact) mass is 502 g/mol. The number of rotatable bonds is 7. The maximum Gasteiger partial charge on any atom is 0.416 e. The van der Waals surface area contributed by atoms with Crippen LogP contribution in [0.15, 0.2) is 28.3 Å². The summed E-state index contributed by atoms with van der Waals surface area (Å²) in [5.74, 6) is -0.238. The van der Waals surface area contributed by atoms with E-state index in [0.29, 0.717) is 23.9 Å². The van der Waals surface area contributed by atoms with Gasteiger partial charge in [-0.25, -0.2) is 24.1 Å². The molecule has 5 rings (SSSR count). The van der Waals surface area contributed by atoms with Crippen molar-refractivity contribution in [2.24, 2.45) is 7.05 Å². The van der Waals surface area contributed by atoms with Crippen LogP contribution in [0.4, 0.5) is 20.8 Å². The Morgan fingerprint density at radius 2 is 2.14 bits per heavy atom. The zero-order valence-corrected chi connectivity index (χ0v) is 19.2. The number of carbonyl (C=O) groups is 2. The molecule has 1 atom stereocenters. The predicted octanol–water partition coefficient (Wildman–Crippen LogP) is 0.296. The molecule has 0 unspecified atom stereocenters. The number of pyridine rings is 1. The first kappa shape index (κ1) is 22.9. The van der Waals surface area contributed by atoms with Gasteiger partial charge in [0.1, 0.15) is 23.3 Å². The van der Waals surface area contributed by atoms with E-state index in [1.54, 1.807) is 0 Å². The van der Waals surface area contributed by atoms with E-state index in [2.05, 4.69) is 30.6 Å². The van der Waals surface area contributed by atoms with Crippen LogP contribution in [-0.4, -0.2) is 74.6 Å². The molecule has 0 aromatic carbocycles.